The van der Waals surface area contributed by atoms with Crippen LogP contribution in [-0.2, 0) is 6.42 Å². The lowest BCUT2D eigenvalue weighted by Gasteiger charge is -2.22. The summed E-state index contributed by atoms with van der Waals surface area (Å²) in [6, 6.07) is 10.7. The van der Waals surface area contributed by atoms with Crippen molar-refractivity contribution in [3.63, 3.8) is 0 Å². The maximum Gasteiger partial charge on any atom is 0.0485 e. The Balaban J connectivity index is 1.98. The molecule has 0 fully saturated rings. The van der Waals surface area contributed by atoms with Crippen LogP contribution in [0.15, 0.2) is 36.5 Å². The molecule has 1 aliphatic carbocycles. The van der Waals surface area contributed by atoms with E-state index in [0.29, 0.717) is 5.92 Å². The largest absolute Gasteiger partial charge is 0.323 e. The summed E-state index contributed by atoms with van der Waals surface area (Å²) in [6.07, 6.45) is 4.10. The number of pyridine rings is 1. The van der Waals surface area contributed by atoms with Gasteiger partial charge in [-0.1, -0.05) is 24.3 Å². The lowest BCUT2D eigenvalue weighted by molar-refractivity contribution is 0.539. The van der Waals surface area contributed by atoms with Crippen molar-refractivity contribution in [1.82, 2.24) is 4.98 Å². The minimum Gasteiger partial charge on any atom is -0.323 e. The maximum absolute atomic E-state index is 6.54. The first-order valence-electron chi connectivity index (χ1n) is 6.94. The highest BCUT2D eigenvalue weighted by atomic mass is 14.8. The van der Waals surface area contributed by atoms with Crippen LogP contribution in [0.3, 0.4) is 0 Å². The summed E-state index contributed by atoms with van der Waals surface area (Å²) < 4.78 is 0. The van der Waals surface area contributed by atoms with Gasteiger partial charge < -0.3 is 5.73 Å². The molecule has 0 bridgehead atoms. The second-order valence-electron chi connectivity index (χ2n) is 5.51. The minimum atomic E-state index is 0.0519. The molecule has 1 aromatic heterocycles. The molecule has 19 heavy (non-hydrogen) atoms. The van der Waals surface area contributed by atoms with E-state index in [0.717, 1.165) is 12.8 Å². The predicted molar refractivity (Wildman–Crippen MR) is 78.1 cm³/mol. The summed E-state index contributed by atoms with van der Waals surface area (Å²) in [5.41, 5.74) is 13.0. The Morgan fingerprint density at radius 2 is 2.05 bits per heavy atom. The van der Waals surface area contributed by atoms with E-state index in [-0.39, 0.29) is 6.04 Å². The van der Waals surface area contributed by atoms with Gasteiger partial charge >= 0.3 is 0 Å². The van der Waals surface area contributed by atoms with Crippen LogP contribution in [0.25, 0.3) is 0 Å². The molecule has 2 heteroatoms. The van der Waals surface area contributed by atoms with Crippen molar-refractivity contribution >= 4 is 0 Å². The molecule has 1 aromatic carbocycles. The average molecular weight is 252 g/mol. The molecular formula is C17H20N2. The standard InChI is InChI=1S/C17H20N2/c1-11-5-3-7-14(12(11)2)16(18)15-9-8-13-6-4-10-19-17(13)15/h3-7,10,15-16H,8-9,18H2,1-2H3. The molecule has 2 N–H and O–H groups in total. The van der Waals surface area contributed by atoms with Gasteiger partial charge in [0.1, 0.15) is 0 Å². The molecule has 0 saturated heterocycles. The van der Waals surface area contributed by atoms with Gasteiger partial charge in [-0.2, -0.15) is 0 Å². The van der Waals surface area contributed by atoms with E-state index in [1.54, 1.807) is 0 Å². The number of fused-ring (bicyclic) bond motifs is 1. The van der Waals surface area contributed by atoms with Gasteiger partial charge in [-0.3, -0.25) is 4.98 Å². The van der Waals surface area contributed by atoms with Crippen LogP contribution in [0.2, 0.25) is 0 Å². The van der Waals surface area contributed by atoms with E-state index in [2.05, 4.69) is 43.1 Å². The minimum absolute atomic E-state index is 0.0519. The van der Waals surface area contributed by atoms with E-state index in [4.69, 9.17) is 5.73 Å². The lowest BCUT2D eigenvalue weighted by Crippen LogP contribution is -2.20. The lowest BCUT2D eigenvalue weighted by atomic mass is 9.88. The first-order chi connectivity index (χ1) is 9.18. The highest BCUT2D eigenvalue weighted by molar-refractivity contribution is 5.39. The van der Waals surface area contributed by atoms with Crippen LogP contribution in [0.4, 0.5) is 0 Å². The highest BCUT2D eigenvalue weighted by Gasteiger charge is 2.30. The molecule has 1 aliphatic rings. The molecule has 1 heterocycles. The fraction of sp³-hybridized carbons (Fsp3) is 0.353. The monoisotopic (exact) mass is 252 g/mol. The molecule has 0 amide bonds. The zero-order chi connectivity index (χ0) is 13.4. The number of aromatic nitrogens is 1. The van der Waals surface area contributed by atoms with Crippen molar-refractivity contribution < 1.29 is 0 Å². The molecule has 0 spiro atoms. The Kier molecular flexibility index (Phi) is 3.11. The summed E-state index contributed by atoms with van der Waals surface area (Å²) >= 11 is 0. The summed E-state index contributed by atoms with van der Waals surface area (Å²) in [5.74, 6) is 0.358. The molecule has 3 rings (SSSR count). The van der Waals surface area contributed by atoms with Gasteiger partial charge in [-0.15, -0.1) is 0 Å². The third kappa shape index (κ3) is 2.06. The molecular weight excluding hydrogens is 232 g/mol. The smallest absolute Gasteiger partial charge is 0.0485 e. The van der Waals surface area contributed by atoms with Crippen molar-refractivity contribution in [2.24, 2.45) is 5.73 Å². The number of hydrogen-bond donors (Lipinski definition) is 1. The van der Waals surface area contributed by atoms with Crippen molar-refractivity contribution in [3.05, 3.63) is 64.5 Å². The normalized spacial score (nSPS) is 19.2. The second-order valence-corrected chi connectivity index (χ2v) is 5.51. The summed E-state index contributed by atoms with van der Waals surface area (Å²) in [7, 11) is 0. The van der Waals surface area contributed by atoms with Gasteiger partial charge in [0.15, 0.2) is 0 Å². The van der Waals surface area contributed by atoms with Crippen molar-refractivity contribution in [3.8, 4) is 0 Å². The summed E-state index contributed by atoms with van der Waals surface area (Å²) in [6.45, 7) is 4.31. The number of benzene rings is 1. The first-order valence-corrected chi connectivity index (χ1v) is 6.94. The third-order valence-electron chi connectivity index (χ3n) is 4.44. The van der Waals surface area contributed by atoms with Crippen LogP contribution >= 0.6 is 0 Å². The topological polar surface area (TPSA) is 38.9 Å². The molecule has 2 unspecified atom stereocenters. The Hall–Kier alpha value is -1.67. The zero-order valence-electron chi connectivity index (χ0n) is 11.6. The molecule has 98 valence electrons. The van der Waals surface area contributed by atoms with Crippen LogP contribution in [0.1, 0.15) is 46.3 Å². The van der Waals surface area contributed by atoms with E-state index < -0.39 is 0 Å². The maximum atomic E-state index is 6.54. The summed E-state index contributed by atoms with van der Waals surface area (Å²) in [4.78, 5) is 4.56. The van der Waals surface area contributed by atoms with E-state index in [9.17, 15) is 0 Å². The molecule has 2 nitrogen and oxygen atoms in total. The fourth-order valence-corrected chi connectivity index (χ4v) is 3.15. The van der Waals surface area contributed by atoms with E-state index in [1.165, 1.54) is 27.9 Å². The van der Waals surface area contributed by atoms with Gasteiger partial charge in [0.2, 0.25) is 0 Å². The number of aryl methyl sites for hydroxylation is 2. The molecule has 2 aromatic rings. The Bertz CT molecular complexity index is 604. The third-order valence-corrected chi connectivity index (χ3v) is 4.44. The number of rotatable bonds is 2. The van der Waals surface area contributed by atoms with Crippen molar-refractivity contribution in [1.29, 1.82) is 0 Å². The number of hydrogen-bond acceptors (Lipinski definition) is 2. The summed E-state index contributed by atoms with van der Waals surface area (Å²) in [5, 5.41) is 0. The Morgan fingerprint density at radius 1 is 1.21 bits per heavy atom. The zero-order valence-corrected chi connectivity index (χ0v) is 11.6. The van der Waals surface area contributed by atoms with Gasteiger partial charge in [-0.25, -0.2) is 0 Å². The van der Waals surface area contributed by atoms with Gasteiger partial charge in [0, 0.05) is 23.9 Å². The highest BCUT2D eigenvalue weighted by Crippen LogP contribution is 2.40. The van der Waals surface area contributed by atoms with Crippen molar-refractivity contribution in [2.75, 3.05) is 0 Å². The molecule has 0 saturated carbocycles. The van der Waals surface area contributed by atoms with Gasteiger partial charge in [0.05, 0.1) is 0 Å². The molecule has 0 radical (unpaired) electrons. The Labute approximate surface area is 114 Å². The quantitative estimate of drug-likeness (QED) is 0.889. The van der Waals surface area contributed by atoms with E-state index in [1.807, 2.05) is 12.3 Å². The average Bonchev–Trinajstić information content (AvgIpc) is 2.85. The Morgan fingerprint density at radius 3 is 2.89 bits per heavy atom. The van der Waals surface area contributed by atoms with Crippen LogP contribution < -0.4 is 5.73 Å². The van der Waals surface area contributed by atoms with Crippen LogP contribution in [-0.4, -0.2) is 4.98 Å². The second kappa shape index (κ2) is 4.78. The molecule has 2 atom stereocenters. The fourth-order valence-electron chi connectivity index (χ4n) is 3.15. The SMILES string of the molecule is Cc1cccc(C(N)C2CCc3cccnc32)c1C. The van der Waals surface area contributed by atoms with Crippen LogP contribution in [0.5, 0.6) is 0 Å². The van der Waals surface area contributed by atoms with Gasteiger partial charge in [-0.05, 0) is 55.0 Å². The van der Waals surface area contributed by atoms with Gasteiger partial charge in [0.25, 0.3) is 0 Å². The van der Waals surface area contributed by atoms with Crippen LogP contribution in [0, 0.1) is 13.8 Å². The van der Waals surface area contributed by atoms with E-state index >= 15 is 0 Å². The number of nitrogens with zero attached hydrogens (tertiary/aromatic N) is 1. The number of nitrogens with two attached hydrogens (primary N) is 1. The molecule has 0 aliphatic heterocycles. The predicted octanol–water partition coefficient (Wildman–Crippen LogP) is 3.43. The first kappa shape index (κ1) is 12.4. The van der Waals surface area contributed by atoms with Crippen molar-refractivity contribution in [2.45, 2.75) is 38.6 Å².